The van der Waals surface area contributed by atoms with E-state index < -0.39 is 24.3 Å². The van der Waals surface area contributed by atoms with E-state index in [0.717, 1.165) is 44.9 Å². The number of aliphatic hydroxyl groups excluding tert-OH is 3. The molecule has 5 heteroatoms. The predicted octanol–water partition coefficient (Wildman–Crippen LogP) is 3.02. The lowest BCUT2D eigenvalue weighted by atomic mass is 10.0. The van der Waals surface area contributed by atoms with Crippen LogP contribution in [0.25, 0.3) is 0 Å². The number of aliphatic hydroxyl groups is 3. The molecular weight excluding hydrogens is 296 g/mol. The van der Waals surface area contributed by atoms with Gasteiger partial charge < -0.3 is 20.4 Å². The van der Waals surface area contributed by atoms with Crippen LogP contribution in [0.3, 0.4) is 0 Å². The SMILES string of the molecule is CCCCC[C@H](O)[C@H](O)/C=C/[C@@H](O)CCCCCCCC(=O)O. The van der Waals surface area contributed by atoms with Gasteiger partial charge in [0, 0.05) is 6.42 Å². The van der Waals surface area contributed by atoms with Crippen molar-refractivity contribution in [2.45, 2.75) is 95.9 Å². The van der Waals surface area contributed by atoms with Gasteiger partial charge in [0.1, 0.15) is 0 Å². The quantitative estimate of drug-likeness (QED) is 0.273. The topological polar surface area (TPSA) is 98.0 Å². The Morgan fingerprint density at radius 1 is 0.870 bits per heavy atom. The molecule has 0 amide bonds. The van der Waals surface area contributed by atoms with Crippen molar-refractivity contribution in [1.29, 1.82) is 0 Å². The third-order valence-electron chi connectivity index (χ3n) is 3.92. The van der Waals surface area contributed by atoms with Crippen LogP contribution in [0.5, 0.6) is 0 Å². The molecule has 5 nitrogen and oxygen atoms in total. The highest BCUT2D eigenvalue weighted by Crippen LogP contribution is 2.11. The Morgan fingerprint density at radius 2 is 1.48 bits per heavy atom. The second-order valence-corrected chi connectivity index (χ2v) is 6.21. The van der Waals surface area contributed by atoms with Gasteiger partial charge in [0.25, 0.3) is 0 Å². The zero-order valence-corrected chi connectivity index (χ0v) is 14.4. The second-order valence-electron chi connectivity index (χ2n) is 6.21. The van der Waals surface area contributed by atoms with Crippen LogP contribution in [-0.2, 0) is 4.79 Å². The Labute approximate surface area is 140 Å². The Kier molecular flexibility index (Phi) is 14.1. The molecule has 0 spiro atoms. The fourth-order valence-electron chi connectivity index (χ4n) is 2.40. The van der Waals surface area contributed by atoms with Crippen LogP contribution in [0.2, 0.25) is 0 Å². The van der Waals surface area contributed by atoms with Gasteiger partial charge >= 0.3 is 5.97 Å². The number of carboxylic acids is 1. The number of rotatable bonds is 15. The van der Waals surface area contributed by atoms with Crippen molar-refractivity contribution in [2.75, 3.05) is 0 Å². The molecular formula is C18H34O5. The molecule has 0 rings (SSSR count). The molecule has 0 aliphatic rings. The number of hydrogen-bond acceptors (Lipinski definition) is 4. The number of aliphatic carboxylic acids is 1. The van der Waals surface area contributed by atoms with Crippen molar-refractivity contribution < 1.29 is 25.2 Å². The van der Waals surface area contributed by atoms with Gasteiger partial charge in [-0.15, -0.1) is 0 Å². The summed E-state index contributed by atoms with van der Waals surface area (Å²) in [7, 11) is 0. The highest BCUT2D eigenvalue weighted by molar-refractivity contribution is 5.66. The van der Waals surface area contributed by atoms with Gasteiger partial charge in [-0.25, -0.2) is 0 Å². The van der Waals surface area contributed by atoms with Crippen molar-refractivity contribution in [3.05, 3.63) is 12.2 Å². The Hall–Kier alpha value is -0.910. The van der Waals surface area contributed by atoms with Crippen LogP contribution in [0.15, 0.2) is 12.2 Å². The highest BCUT2D eigenvalue weighted by atomic mass is 16.4. The first-order valence-electron chi connectivity index (χ1n) is 8.91. The Morgan fingerprint density at radius 3 is 2.13 bits per heavy atom. The first-order valence-corrected chi connectivity index (χ1v) is 8.91. The normalized spacial score (nSPS) is 15.7. The molecule has 0 saturated heterocycles. The molecule has 4 N–H and O–H groups in total. The summed E-state index contributed by atoms with van der Waals surface area (Å²) in [6.07, 6.45) is 9.60. The van der Waals surface area contributed by atoms with Crippen molar-refractivity contribution in [3.63, 3.8) is 0 Å². The zero-order valence-electron chi connectivity index (χ0n) is 14.4. The van der Waals surface area contributed by atoms with Crippen LogP contribution >= 0.6 is 0 Å². The lowest BCUT2D eigenvalue weighted by molar-refractivity contribution is -0.137. The maximum Gasteiger partial charge on any atom is 0.303 e. The fraction of sp³-hybridized carbons (Fsp3) is 0.833. The first-order chi connectivity index (χ1) is 11.0. The van der Waals surface area contributed by atoms with E-state index in [1.807, 2.05) is 0 Å². The van der Waals surface area contributed by atoms with Crippen molar-refractivity contribution in [1.82, 2.24) is 0 Å². The van der Waals surface area contributed by atoms with Crippen LogP contribution in [0.1, 0.15) is 77.6 Å². The monoisotopic (exact) mass is 330 g/mol. The molecule has 0 aromatic carbocycles. The highest BCUT2D eigenvalue weighted by Gasteiger charge is 2.12. The molecule has 0 bridgehead atoms. The van der Waals surface area contributed by atoms with E-state index in [-0.39, 0.29) is 6.42 Å². The smallest absolute Gasteiger partial charge is 0.303 e. The van der Waals surface area contributed by atoms with E-state index in [9.17, 15) is 20.1 Å². The van der Waals surface area contributed by atoms with E-state index in [1.54, 1.807) is 6.08 Å². The van der Waals surface area contributed by atoms with Gasteiger partial charge in [0.15, 0.2) is 0 Å². The molecule has 0 aliphatic heterocycles. The molecule has 0 aromatic heterocycles. The van der Waals surface area contributed by atoms with Crippen molar-refractivity contribution in [3.8, 4) is 0 Å². The van der Waals surface area contributed by atoms with Crippen LogP contribution in [0, 0.1) is 0 Å². The van der Waals surface area contributed by atoms with Crippen LogP contribution < -0.4 is 0 Å². The lowest BCUT2D eigenvalue weighted by Crippen LogP contribution is -2.24. The van der Waals surface area contributed by atoms with Gasteiger partial charge in [0.2, 0.25) is 0 Å². The number of carboxylic acid groups (broad SMARTS) is 1. The van der Waals surface area contributed by atoms with E-state index in [0.29, 0.717) is 19.3 Å². The van der Waals surface area contributed by atoms with Crippen LogP contribution in [0.4, 0.5) is 0 Å². The molecule has 3 atom stereocenters. The van der Waals surface area contributed by atoms with E-state index in [2.05, 4.69) is 6.92 Å². The summed E-state index contributed by atoms with van der Waals surface area (Å²) in [6, 6.07) is 0. The van der Waals surface area contributed by atoms with Crippen molar-refractivity contribution >= 4 is 5.97 Å². The Balaban J connectivity index is 3.66. The molecule has 0 saturated carbocycles. The minimum absolute atomic E-state index is 0.226. The molecule has 0 unspecified atom stereocenters. The minimum atomic E-state index is -0.919. The summed E-state index contributed by atoms with van der Waals surface area (Å²) in [5, 5.41) is 37.9. The van der Waals surface area contributed by atoms with Crippen molar-refractivity contribution in [2.24, 2.45) is 0 Å². The largest absolute Gasteiger partial charge is 0.481 e. The summed E-state index contributed by atoms with van der Waals surface area (Å²) in [4.78, 5) is 10.3. The van der Waals surface area contributed by atoms with Gasteiger partial charge in [-0.2, -0.15) is 0 Å². The number of carbonyl (C=O) groups is 1. The van der Waals surface area contributed by atoms with E-state index in [4.69, 9.17) is 5.11 Å². The number of hydrogen-bond donors (Lipinski definition) is 4. The Bertz CT molecular complexity index is 317. The minimum Gasteiger partial charge on any atom is -0.481 e. The first kappa shape index (κ1) is 22.1. The van der Waals surface area contributed by atoms with Gasteiger partial charge in [-0.1, -0.05) is 64.0 Å². The number of unbranched alkanes of at least 4 members (excludes halogenated alkanes) is 6. The molecule has 0 fully saturated rings. The van der Waals surface area contributed by atoms with E-state index >= 15 is 0 Å². The lowest BCUT2D eigenvalue weighted by Gasteiger charge is -2.14. The van der Waals surface area contributed by atoms with Gasteiger partial charge in [0.05, 0.1) is 18.3 Å². The molecule has 0 heterocycles. The second kappa shape index (κ2) is 14.7. The van der Waals surface area contributed by atoms with Gasteiger partial charge in [-0.05, 0) is 19.3 Å². The summed E-state index contributed by atoms with van der Waals surface area (Å²) in [6.45, 7) is 2.09. The van der Waals surface area contributed by atoms with Crippen LogP contribution in [-0.4, -0.2) is 44.7 Å². The third kappa shape index (κ3) is 14.4. The molecule has 23 heavy (non-hydrogen) atoms. The summed E-state index contributed by atoms with van der Waals surface area (Å²) >= 11 is 0. The summed E-state index contributed by atoms with van der Waals surface area (Å²) in [5.41, 5.74) is 0. The molecule has 0 aliphatic carbocycles. The predicted molar refractivity (Wildman–Crippen MR) is 91.3 cm³/mol. The van der Waals surface area contributed by atoms with Gasteiger partial charge in [-0.3, -0.25) is 4.79 Å². The average molecular weight is 330 g/mol. The third-order valence-corrected chi connectivity index (χ3v) is 3.92. The standard InChI is InChI=1S/C18H34O5/c1-2-3-7-11-16(20)17(21)14-13-15(19)10-8-5-4-6-9-12-18(22)23/h13-17,19-21H,2-12H2,1H3,(H,22,23)/b14-13+/t15-,16-,17+/m0/s1. The average Bonchev–Trinajstić information content (AvgIpc) is 2.51. The van der Waals surface area contributed by atoms with E-state index in [1.165, 1.54) is 6.08 Å². The zero-order chi connectivity index (χ0) is 17.5. The molecule has 0 radical (unpaired) electrons. The maximum atomic E-state index is 10.3. The molecule has 0 aromatic rings. The fourth-order valence-corrected chi connectivity index (χ4v) is 2.40. The maximum absolute atomic E-state index is 10.3. The summed E-state index contributed by atoms with van der Waals surface area (Å²) in [5.74, 6) is -0.749. The summed E-state index contributed by atoms with van der Waals surface area (Å²) < 4.78 is 0. The molecule has 136 valence electrons.